The van der Waals surface area contributed by atoms with Gasteiger partial charge in [0.2, 0.25) is 0 Å². The molecule has 0 bridgehead atoms. The fourth-order valence-electron chi connectivity index (χ4n) is 3.72. The number of carboxylic acids is 1. The molecule has 0 unspecified atom stereocenters. The van der Waals surface area contributed by atoms with E-state index in [9.17, 15) is 18.4 Å². The van der Waals surface area contributed by atoms with Gasteiger partial charge < -0.3 is 9.84 Å². The maximum atomic E-state index is 14.4. The molecule has 3 aromatic rings. The van der Waals surface area contributed by atoms with Crippen LogP contribution in [0, 0.1) is 23.5 Å². The van der Waals surface area contributed by atoms with Crippen LogP contribution in [-0.2, 0) is 22.4 Å². The van der Waals surface area contributed by atoms with Gasteiger partial charge in [-0.05, 0) is 49.6 Å². The molecule has 35 heavy (non-hydrogen) atoms. The van der Waals surface area contributed by atoms with E-state index in [-0.39, 0.29) is 11.1 Å². The number of aryl methyl sites for hydroxylation is 1. The fourth-order valence-corrected chi connectivity index (χ4v) is 4.69. The van der Waals surface area contributed by atoms with E-state index in [1.807, 2.05) is 18.2 Å². The number of hydrogen-bond donors (Lipinski definition) is 2. The summed E-state index contributed by atoms with van der Waals surface area (Å²) in [7, 11) is 1.58. The highest BCUT2D eigenvalue weighted by Crippen LogP contribution is 2.39. The van der Waals surface area contributed by atoms with Gasteiger partial charge in [-0.2, -0.15) is 0 Å². The van der Waals surface area contributed by atoms with Crippen molar-refractivity contribution >= 4 is 34.4 Å². The minimum atomic E-state index is -1.30. The average molecular weight is 495 g/mol. The third kappa shape index (κ3) is 5.14. The molecule has 2 N–H and O–H groups in total. The van der Waals surface area contributed by atoms with E-state index in [0.717, 1.165) is 58.3 Å². The monoisotopic (exact) mass is 494 g/mol. The van der Waals surface area contributed by atoms with Gasteiger partial charge in [0.1, 0.15) is 18.2 Å². The number of nitrogens with zero attached hydrogens (tertiary/aromatic N) is 1. The fraction of sp³-hybridized carbons (Fsp3) is 0.192. The highest BCUT2D eigenvalue weighted by molar-refractivity contribution is 7.16. The number of rotatable bonds is 5. The molecule has 1 aliphatic carbocycles. The number of benzene rings is 2. The number of ether oxygens (including phenoxy) is 1. The molecule has 9 heteroatoms. The number of carbonyl (C=O) groups excluding carboxylic acids is 1. The Morgan fingerprint density at radius 1 is 1.26 bits per heavy atom. The molecule has 0 saturated heterocycles. The number of carboxylic acid groups (broad SMARTS) is 1. The van der Waals surface area contributed by atoms with Crippen LogP contribution in [0.25, 0.3) is 17.3 Å². The van der Waals surface area contributed by atoms with Gasteiger partial charge in [0.25, 0.3) is 5.91 Å². The average Bonchev–Trinajstić information content (AvgIpc) is 3.24. The predicted molar refractivity (Wildman–Crippen MR) is 129 cm³/mol. The number of thiazole rings is 1. The lowest BCUT2D eigenvalue weighted by Gasteiger charge is -2.16. The van der Waals surface area contributed by atoms with Crippen LogP contribution < -0.4 is 5.32 Å². The molecule has 178 valence electrons. The molecule has 0 spiro atoms. The maximum absolute atomic E-state index is 14.4. The Morgan fingerprint density at radius 3 is 2.69 bits per heavy atom. The molecule has 1 amide bonds. The Balaban J connectivity index is 1.59. The smallest absolute Gasteiger partial charge is 0.331 e. The van der Waals surface area contributed by atoms with Crippen molar-refractivity contribution in [1.82, 2.24) is 4.98 Å². The highest BCUT2D eigenvalue weighted by atomic mass is 32.1. The molecule has 0 radical (unpaired) electrons. The predicted octanol–water partition coefficient (Wildman–Crippen LogP) is 4.93. The van der Waals surface area contributed by atoms with Gasteiger partial charge in [0, 0.05) is 39.8 Å². The molecule has 0 fully saturated rings. The number of nitrogens with one attached hydrogen (secondary N) is 1. The van der Waals surface area contributed by atoms with Crippen LogP contribution in [0.5, 0.6) is 0 Å². The highest BCUT2D eigenvalue weighted by Gasteiger charge is 2.24. The topological polar surface area (TPSA) is 88.5 Å². The van der Waals surface area contributed by atoms with Crippen molar-refractivity contribution < 1.29 is 28.2 Å². The summed E-state index contributed by atoms with van der Waals surface area (Å²) >= 11 is 1.31. The summed E-state index contributed by atoms with van der Waals surface area (Å²) in [6, 6.07) is 7.54. The van der Waals surface area contributed by atoms with Gasteiger partial charge in [-0.1, -0.05) is 24.0 Å². The van der Waals surface area contributed by atoms with Crippen molar-refractivity contribution in [3.05, 3.63) is 74.7 Å². The Bertz CT molecular complexity index is 1410. The molecular formula is C26H20F2N2O4S. The standard InChI is InChI=1S/C26H20F2N2O4S/c1-14(25(32)33)11-19-20(27)12-16(13-21(19)28)24(31)30-26-29-23-18-7-3-5-15(6-4-10-34-2)17(18)8-9-22(23)35-26/h3,5,7,11-13H,8-10H2,1-2H3,(H,32,33)(H,29,30,31)/b14-11+. The Kier molecular flexibility index (Phi) is 7.05. The van der Waals surface area contributed by atoms with Crippen LogP contribution in [0.3, 0.4) is 0 Å². The first-order chi connectivity index (χ1) is 16.8. The van der Waals surface area contributed by atoms with Crippen molar-refractivity contribution in [3.63, 3.8) is 0 Å². The van der Waals surface area contributed by atoms with Gasteiger partial charge >= 0.3 is 5.97 Å². The second-order valence-corrected chi connectivity index (χ2v) is 8.88. The van der Waals surface area contributed by atoms with Crippen LogP contribution in [0.1, 0.15) is 38.8 Å². The summed E-state index contributed by atoms with van der Waals surface area (Å²) in [6.45, 7) is 1.55. The van der Waals surface area contributed by atoms with Gasteiger partial charge in [-0.15, -0.1) is 11.3 Å². The number of carbonyl (C=O) groups is 2. The lowest BCUT2D eigenvalue weighted by atomic mass is 9.90. The number of aromatic nitrogens is 1. The van der Waals surface area contributed by atoms with Crippen LogP contribution in [0.2, 0.25) is 0 Å². The zero-order valence-corrected chi connectivity index (χ0v) is 19.7. The summed E-state index contributed by atoms with van der Waals surface area (Å²) in [5, 5.41) is 11.9. The summed E-state index contributed by atoms with van der Waals surface area (Å²) in [6.07, 6.45) is 2.39. The van der Waals surface area contributed by atoms with E-state index in [4.69, 9.17) is 9.84 Å². The Hall–Kier alpha value is -3.87. The van der Waals surface area contributed by atoms with E-state index in [1.165, 1.54) is 18.3 Å². The second-order valence-electron chi connectivity index (χ2n) is 7.80. The lowest BCUT2D eigenvalue weighted by Crippen LogP contribution is -2.13. The van der Waals surface area contributed by atoms with Crippen LogP contribution >= 0.6 is 11.3 Å². The van der Waals surface area contributed by atoms with Crippen LogP contribution in [-0.4, -0.2) is 35.7 Å². The summed E-state index contributed by atoms with van der Waals surface area (Å²) in [4.78, 5) is 29.2. The summed E-state index contributed by atoms with van der Waals surface area (Å²) in [5.41, 5.74) is 2.68. The van der Waals surface area contributed by atoms with Crippen molar-refractivity contribution in [2.75, 3.05) is 19.0 Å². The minimum Gasteiger partial charge on any atom is -0.478 e. The number of anilines is 1. The van der Waals surface area contributed by atoms with Gasteiger partial charge in [-0.25, -0.2) is 18.6 Å². The van der Waals surface area contributed by atoms with Gasteiger partial charge in [0.15, 0.2) is 5.13 Å². The number of aliphatic carboxylic acids is 1. The number of hydrogen-bond acceptors (Lipinski definition) is 5. The molecule has 2 aromatic carbocycles. The molecule has 1 heterocycles. The van der Waals surface area contributed by atoms with Crippen molar-refractivity contribution in [1.29, 1.82) is 0 Å². The van der Waals surface area contributed by atoms with E-state index < -0.39 is 29.1 Å². The molecule has 6 nitrogen and oxygen atoms in total. The molecule has 0 saturated carbocycles. The maximum Gasteiger partial charge on any atom is 0.331 e. The lowest BCUT2D eigenvalue weighted by molar-refractivity contribution is -0.132. The normalized spacial score (nSPS) is 12.3. The summed E-state index contributed by atoms with van der Waals surface area (Å²) in [5.74, 6) is 1.99. The molecule has 1 aliphatic rings. The van der Waals surface area contributed by atoms with Gasteiger partial charge in [0.05, 0.1) is 5.69 Å². The minimum absolute atomic E-state index is 0.235. The Labute approximate surface area is 204 Å². The van der Waals surface area contributed by atoms with Gasteiger partial charge in [-0.3, -0.25) is 10.1 Å². The third-order valence-corrected chi connectivity index (χ3v) is 6.46. The van der Waals surface area contributed by atoms with E-state index in [1.54, 1.807) is 7.11 Å². The summed E-state index contributed by atoms with van der Waals surface area (Å²) < 4.78 is 33.9. The van der Waals surface area contributed by atoms with Crippen molar-refractivity contribution in [2.24, 2.45) is 0 Å². The molecule has 0 aliphatic heterocycles. The SMILES string of the molecule is COCC#Cc1cccc2c1CCc1sc(NC(=O)c3cc(F)c(/C=C(\C)C(=O)O)c(F)c3)nc1-2. The van der Waals surface area contributed by atoms with E-state index in [2.05, 4.69) is 22.1 Å². The Morgan fingerprint density at radius 2 is 2.00 bits per heavy atom. The molecular weight excluding hydrogens is 474 g/mol. The largest absolute Gasteiger partial charge is 0.478 e. The molecule has 0 atom stereocenters. The molecule has 1 aromatic heterocycles. The zero-order valence-electron chi connectivity index (χ0n) is 18.9. The number of halogens is 2. The number of methoxy groups -OCH3 is 1. The van der Waals surface area contributed by atoms with Crippen LogP contribution in [0.4, 0.5) is 13.9 Å². The second kappa shape index (κ2) is 10.2. The molecule has 4 rings (SSSR count). The zero-order chi connectivity index (χ0) is 25.1. The van der Waals surface area contributed by atoms with Crippen molar-refractivity contribution in [2.45, 2.75) is 19.8 Å². The first-order valence-corrected chi connectivity index (χ1v) is 11.4. The van der Waals surface area contributed by atoms with E-state index in [0.29, 0.717) is 11.7 Å². The quantitative estimate of drug-likeness (QED) is 0.388. The van der Waals surface area contributed by atoms with Crippen LogP contribution in [0.15, 0.2) is 35.9 Å². The third-order valence-electron chi connectivity index (χ3n) is 5.43. The van der Waals surface area contributed by atoms with Crippen molar-refractivity contribution in [3.8, 4) is 23.1 Å². The number of fused-ring (bicyclic) bond motifs is 3. The van der Waals surface area contributed by atoms with E-state index >= 15 is 0 Å². The first-order valence-electron chi connectivity index (χ1n) is 10.6. The number of amides is 1. The first kappa shape index (κ1) is 24.3.